The average molecular weight is 339 g/mol. The van der Waals surface area contributed by atoms with Gasteiger partial charge in [0.25, 0.3) is 0 Å². The SMILES string of the molecule is CC1=NS(=O)(=O)NC(C)=C1CCC(=O)Nc1cc(F)ccc1C. The second kappa shape index (κ2) is 6.49. The monoisotopic (exact) mass is 339 g/mol. The Balaban J connectivity index is 2.03. The fourth-order valence-corrected chi connectivity index (χ4v) is 3.36. The van der Waals surface area contributed by atoms with Gasteiger partial charge in [0.05, 0.1) is 5.71 Å². The third-order valence-corrected chi connectivity index (χ3v) is 4.58. The summed E-state index contributed by atoms with van der Waals surface area (Å²) in [6.45, 7) is 4.99. The zero-order chi connectivity index (χ0) is 17.2. The maximum Gasteiger partial charge on any atom is 0.342 e. The summed E-state index contributed by atoms with van der Waals surface area (Å²) in [6, 6.07) is 4.18. The largest absolute Gasteiger partial charge is 0.342 e. The number of nitrogens with one attached hydrogen (secondary N) is 2. The van der Waals surface area contributed by atoms with Crippen molar-refractivity contribution in [1.82, 2.24) is 4.72 Å². The van der Waals surface area contributed by atoms with Crippen molar-refractivity contribution in [1.29, 1.82) is 0 Å². The van der Waals surface area contributed by atoms with E-state index in [4.69, 9.17) is 0 Å². The molecule has 0 unspecified atom stereocenters. The van der Waals surface area contributed by atoms with Crippen LogP contribution in [-0.2, 0) is 15.0 Å². The van der Waals surface area contributed by atoms with E-state index >= 15 is 0 Å². The van der Waals surface area contributed by atoms with Crippen molar-refractivity contribution in [3.63, 3.8) is 0 Å². The van der Waals surface area contributed by atoms with Crippen LogP contribution in [0.4, 0.5) is 10.1 Å². The van der Waals surface area contributed by atoms with Gasteiger partial charge >= 0.3 is 10.2 Å². The maximum absolute atomic E-state index is 13.2. The second-order valence-electron chi connectivity index (χ2n) is 5.36. The van der Waals surface area contributed by atoms with Crippen molar-refractivity contribution >= 4 is 27.5 Å². The van der Waals surface area contributed by atoms with Gasteiger partial charge < -0.3 is 5.32 Å². The highest BCUT2D eigenvalue weighted by molar-refractivity contribution is 7.88. The molecule has 0 aromatic heterocycles. The fraction of sp³-hybridized carbons (Fsp3) is 0.333. The van der Waals surface area contributed by atoms with Gasteiger partial charge in [0, 0.05) is 17.8 Å². The summed E-state index contributed by atoms with van der Waals surface area (Å²) in [5.74, 6) is -0.700. The molecule has 0 saturated heterocycles. The normalized spacial score (nSPS) is 16.6. The van der Waals surface area contributed by atoms with Crippen LogP contribution in [0.3, 0.4) is 0 Å². The Hall–Kier alpha value is -2.22. The molecule has 0 bridgehead atoms. The van der Waals surface area contributed by atoms with Gasteiger partial charge in [-0.2, -0.15) is 8.42 Å². The van der Waals surface area contributed by atoms with E-state index in [2.05, 4.69) is 14.4 Å². The fourth-order valence-electron chi connectivity index (χ4n) is 2.33. The highest BCUT2D eigenvalue weighted by Crippen LogP contribution is 2.20. The molecule has 2 rings (SSSR count). The first-order valence-electron chi connectivity index (χ1n) is 7.03. The van der Waals surface area contributed by atoms with Crippen molar-refractivity contribution in [2.24, 2.45) is 4.40 Å². The molecule has 1 heterocycles. The number of halogens is 1. The number of carbonyl (C=O) groups excluding carboxylic acids is 1. The summed E-state index contributed by atoms with van der Waals surface area (Å²) in [5.41, 5.74) is 2.71. The summed E-state index contributed by atoms with van der Waals surface area (Å²) >= 11 is 0. The first-order valence-corrected chi connectivity index (χ1v) is 8.47. The van der Waals surface area contributed by atoms with E-state index in [1.807, 2.05) is 0 Å². The van der Waals surface area contributed by atoms with Crippen molar-refractivity contribution in [2.75, 3.05) is 5.32 Å². The molecule has 6 nitrogen and oxygen atoms in total. The van der Waals surface area contributed by atoms with E-state index in [1.54, 1.807) is 26.8 Å². The van der Waals surface area contributed by atoms with Crippen LogP contribution in [0.15, 0.2) is 33.9 Å². The third-order valence-electron chi connectivity index (χ3n) is 3.50. The van der Waals surface area contributed by atoms with E-state index in [1.165, 1.54) is 12.1 Å². The van der Waals surface area contributed by atoms with Gasteiger partial charge in [-0.3, -0.25) is 9.52 Å². The number of amides is 1. The third kappa shape index (κ3) is 4.38. The predicted octanol–water partition coefficient (Wildman–Crippen LogP) is 2.44. The van der Waals surface area contributed by atoms with Gasteiger partial charge in [0.2, 0.25) is 5.91 Å². The molecule has 1 aliphatic rings. The first kappa shape index (κ1) is 17.1. The van der Waals surface area contributed by atoms with Gasteiger partial charge in [-0.05, 0) is 50.5 Å². The zero-order valence-corrected chi connectivity index (χ0v) is 13.9. The van der Waals surface area contributed by atoms with E-state index in [0.717, 1.165) is 5.56 Å². The summed E-state index contributed by atoms with van der Waals surface area (Å²) in [6.07, 6.45) is 0.473. The average Bonchev–Trinajstić information content (AvgIpc) is 2.40. The summed E-state index contributed by atoms with van der Waals surface area (Å²) in [7, 11) is -3.67. The number of nitrogens with zero attached hydrogens (tertiary/aromatic N) is 1. The predicted molar refractivity (Wildman–Crippen MR) is 86.9 cm³/mol. The van der Waals surface area contributed by atoms with E-state index in [-0.39, 0.29) is 12.3 Å². The van der Waals surface area contributed by atoms with Gasteiger partial charge in [-0.15, -0.1) is 4.40 Å². The van der Waals surface area contributed by atoms with Crippen LogP contribution < -0.4 is 10.0 Å². The molecule has 1 amide bonds. The highest BCUT2D eigenvalue weighted by atomic mass is 32.2. The lowest BCUT2D eigenvalue weighted by molar-refractivity contribution is -0.116. The molecule has 1 aliphatic heterocycles. The minimum Gasteiger partial charge on any atom is -0.326 e. The molecule has 0 fully saturated rings. The Morgan fingerprint density at radius 3 is 2.65 bits per heavy atom. The van der Waals surface area contributed by atoms with E-state index in [0.29, 0.717) is 29.1 Å². The quantitative estimate of drug-likeness (QED) is 0.883. The Kier molecular flexibility index (Phi) is 4.84. The molecule has 0 spiro atoms. The number of anilines is 1. The van der Waals surface area contributed by atoms with Crippen LogP contribution in [0.2, 0.25) is 0 Å². The molecule has 0 radical (unpaired) electrons. The summed E-state index contributed by atoms with van der Waals surface area (Å²) in [4.78, 5) is 12.0. The molecular formula is C15H18FN3O3S. The lowest BCUT2D eigenvalue weighted by Crippen LogP contribution is -2.28. The molecule has 8 heteroatoms. The Bertz CT molecular complexity index is 813. The number of carbonyl (C=O) groups is 1. The van der Waals surface area contributed by atoms with Crippen molar-refractivity contribution in [3.05, 3.63) is 40.8 Å². The van der Waals surface area contributed by atoms with Crippen LogP contribution in [-0.4, -0.2) is 20.0 Å². The lowest BCUT2D eigenvalue weighted by Gasteiger charge is -2.18. The zero-order valence-electron chi connectivity index (χ0n) is 13.1. The first-order chi connectivity index (χ1) is 10.7. The molecule has 1 aromatic carbocycles. The topological polar surface area (TPSA) is 87.6 Å². The molecule has 23 heavy (non-hydrogen) atoms. The molecule has 124 valence electrons. The Morgan fingerprint density at radius 1 is 1.30 bits per heavy atom. The van der Waals surface area contributed by atoms with Crippen molar-refractivity contribution in [2.45, 2.75) is 33.6 Å². The molecule has 2 N–H and O–H groups in total. The standard InChI is InChI=1S/C15H18FN3O3S/c1-9-4-5-12(16)8-14(9)17-15(20)7-6-13-10(2)18-23(21,22)19-11(13)3/h4-5,8,18H,6-7H2,1-3H3,(H,17,20). The van der Waals surface area contributed by atoms with Gasteiger partial charge in [-0.25, -0.2) is 4.39 Å². The number of allylic oxidation sites excluding steroid dienone is 2. The van der Waals surface area contributed by atoms with Gasteiger partial charge in [0.1, 0.15) is 5.82 Å². The molecule has 1 aromatic rings. The summed E-state index contributed by atoms with van der Waals surface area (Å²) < 4.78 is 41.9. The van der Waals surface area contributed by atoms with Crippen molar-refractivity contribution < 1.29 is 17.6 Å². The van der Waals surface area contributed by atoms with Crippen molar-refractivity contribution in [3.8, 4) is 0 Å². The van der Waals surface area contributed by atoms with Crippen LogP contribution in [0.1, 0.15) is 32.3 Å². The maximum atomic E-state index is 13.2. The van der Waals surface area contributed by atoms with Crippen LogP contribution in [0, 0.1) is 12.7 Å². The summed E-state index contributed by atoms with van der Waals surface area (Å²) in [5, 5.41) is 2.66. The highest BCUT2D eigenvalue weighted by Gasteiger charge is 2.20. The second-order valence-corrected chi connectivity index (χ2v) is 6.70. The number of benzene rings is 1. The lowest BCUT2D eigenvalue weighted by atomic mass is 10.0. The molecule has 0 saturated carbocycles. The van der Waals surface area contributed by atoms with Crippen LogP contribution in [0.25, 0.3) is 0 Å². The molecular weight excluding hydrogens is 321 g/mol. The Labute approximate surface area is 134 Å². The number of rotatable bonds is 4. The van der Waals surface area contributed by atoms with Crippen LogP contribution >= 0.6 is 0 Å². The number of hydrogen-bond acceptors (Lipinski definition) is 3. The van der Waals surface area contributed by atoms with Crippen LogP contribution in [0.5, 0.6) is 0 Å². The molecule has 0 atom stereocenters. The number of hydrogen-bond donors (Lipinski definition) is 2. The van der Waals surface area contributed by atoms with Gasteiger partial charge in [0.15, 0.2) is 0 Å². The Morgan fingerprint density at radius 2 is 2.00 bits per heavy atom. The van der Waals surface area contributed by atoms with Gasteiger partial charge in [-0.1, -0.05) is 6.07 Å². The smallest absolute Gasteiger partial charge is 0.326 e. The van der Waals surface area contributed by atoms with E-state index in [9.17, 15) is 17.6 Å². The van der Waals surface area contributed by atoms with E-state index < -0.39 is 16.0 Å². The minimum atomic E-state index is -3.67. The molecule has 0 aliphatic carbocycles. The minimum absolute atomic E-state index is 0.136. The number of aryl methyl sites for hydroxylation is 1.